The van der Waals surface area contributed by atoms with E-state index in [2.05, 4.69) is 10.6 Å². The van der Waals surface area contributed by atoms with Gasteiger partial charge in [-0.2, -0.15) is 0 Å². The van der Waals surface area contributed by atoms with Crippen molar-refractivity contribution < 1.29 is 9.59 Å². The van der Waals surface area contributed by atoms with Crippen LogP contribution in [0.4, 0.5) is 11.4 Å². The zero-order valence-corrected chi connectivity index (χ0v) is 15.4. The number of hydrogen-bond donors (Lipinski definition) is 2. The number of rotatable bonds is 6. The maximum atomic E-state index is 12.1. The van der Waals surface area contributed by atoms with Gasteiger partial charge in [-0.15, -0.1) is 11.8 Å². The predicted octanol–water partition coefficient (Wildman–Crippen LogP) is 4.73. The number of carbonyl (C=O) groups excluding carboxylic acids is 2. The molecule has 6 heteroatoms. The van der Waals surface area contributed by atoms with Crippen molar-refractivity contribution in [2.45, 2.75) is 24.7 Å². The van der Waals surface area contributed by atoms with Gasteiger partial charge < -0.3 is 10.6 Å². The summed E-state index contributed by atoms with van der Waals surface area (Å²) in [5.74, 6) is 0.433. The molecule has 2 aromatic rings. The van der Waals surface area contributed by atoms with E-state index in [1.54, 1.807) is 6.07 Å². The highest BCUT2D eigenvalue weighted by molar-refractivity contribution is 8.00. The Morgan fingerprint density at radius 2 is 1.88 bits per heavy atom. The Morgan fingerprint density at radius 3 is 2.60 bits per heavy atom. The number of thioether (sulfide) groups is 1. The highest BCUT2D eigenvalue weighted by Gasteiger charge is 2.29. The summed E-state index contributed by atoms with van der Waals surface area (Å²) in [7, 11) is 0. The fraction of sp³-hybridized carbons (Fsp3) is 0.263. The summed E-state index contributed by atoms with van der Waals surface area (Å²) < 4.78 is 0. The van der Waals surface area contributed by atoms with Gasteiger partial charge in [0.05, 0.1) is 5.75 Å². The van der Waals surface area contributed by atoms with Crippen LogP contribution in [0, 0.1) is 12.8 Å². The molecule has 0 aliphatic heterocycles. The van der Waals surface area contributed by atoms with E-state index >= 15 is 0 Å². The van der Waals surface area contributed by atoms with Crippen molar-refractivity contribution >= 4 is 46.6 Å². The molecule has 1 aliphatic carbocycles. The van der Waals surface area contributed by atoms with Crippen LogP contribution in [-0.4, -0.2) is 17.6 Å². The van der Waals surface area contributed by atoms with Crippen molar-refractivity contribution in [3.63, 3.8) is 0 Å². The minimum Gasteiger partial charge on any atom is -0.326 e. The molecule has 0 saturated heterocycles. The van der Waals surface area contributed by atoms with E-state index in [4.69, 9.17) is 11.6 Å². The lowest BCUT2D eigenvalue weighted by Crippen LogP contribution is -2.14. The Balaban J connectivity index is 1.52. The highest BCUT2D eigenvalue weighted by atomic mass is 35.5. The average molecular weight is 375 g/mol. The lowest BCUT2D eigenvalue weighted by molar-refractivity contribution is -0.117. The highest BCUT2D eigenvalue weighted by Crippen LogP contribution is 2.31. The van der Waals surface area contributed by atoms with E-state index in [1.807, 2.05) is 43.3 Å². The first-order valence-electron chi connectivity index (χ1n) is 8.11. The molecule has 0 heterocycles. The van der Waals surface area contributed by atoms with Gasteiger partial charge in [-0.3, -0.25) is 9.59 Å². The molecule has 1 aliphatic rings. The second kappa shape index (κ2) is 7.93. The summed E-state index contributed by atoms with van der Waals surface area (Å²) in [6, 6.07) is 13.0. The standard InChI is InChI=1S/C19H19ClN2O2S/c1-12-5-8-15(10-17(12)20)21-18(23)11-25-16-4-2-3-14(9-16)22-19(24)13-6-7-13/h2-5,8-10,13H,6-7,11H2,1H3,(H,21,23)(H,22,24). The predicted molar refractivity (Wildman–Crippen MR) is 103 cm³/mol. The normalized spacial score (nSPS) is 13.4. The van der Waals surface area contributed by atoms with Crippen LogP contribution in [0.5, 0.6) is 0 Å². The summed E-state index contributed by atoms with van der Waals surface area (Å²) in [6.45, 7) is 1.92. The van der Waals surface area contributed by atoms with Gasteiger partial charge in [0.25, 0.3) is 0 Å². The molecular formula is C19H19ClN2O2S. The third kappa shape index (κ3) is 5.25. The average Bonchev–Trinajstić information content (AvgIpc) is 3.42. The minimum atomic E-state index is -0.0997. The van der Waals surface area contributed by atoms with Crippen LogP contribution < -0.4 is 10.6 Å². The van der Waals surface area contributed by atoms with Crippen LogP contribution >= 0.6 is 23.4 Å². The molecule has 0 radical (unpaired) electrons. The van der Waals surface area contributed by atoms with Crippen molar-refractivity contribution in [3.05, 3.63) is 53.1 Å². The second-order valence-electron chi connectivity index (χ2n) is 6.09. The quantitative estimate of drug-likeness (QED) is 0.719. The molecule has 0 spiro atoms. The van der Waals surface area contributed by atoms with Gasteiger partial charge in [-0.05, 0) is 55.7 Å². The third-order valence-corrected chi connectivity index (χ3v) is 5.28. The number of anilines is 2. The molecule has 130 valence electrons. The molecule has 4 nitrogen and oxygen atoms in total. The Kier molecular flexibility index (Phi) is 5.66. The van der Waals surface area contributed by atoms with Crippen LogP contribution in [0.3, 0.4) is 0 Å². The molecular weight excluding hydrogens is 356 g/mol. The van der Waals surface area contributed by atoms with Crippen molar-refractivity contribution in [1.29, 1.82) is 0 Å². The SMILES string of the molecule is Cc1ccc(NC(=O)CSc2cccc(NC(=O)C3CC3)c2)cc1Cl. The van der Waals surface area contributed by atoms with Gasteiger partial charge in [0.1, 0.15) is 0 Å². The topological polar surface area (TPSA) is 58.2 Å². The van der Waals surface area contributed by atoms with Gasteiger partial charge in [0, 0.05) is 27.2 Å². The largest absolute Gasteiger partial charge is 0.326 e. The van der Waals surface area contributed by atoms with Gasteiger partial charge >= 0.3 is 0 Å². The fourth-order valence-electron chi connectivity index (χ4n) is 2.27. The third-order valence-electron chi connectivity index (χ3n) is 3.88. The minimum absolute atomic E-state index is 0.0798. The molecule has 0 bridgehead atoms. The molecule has 25 heavy (non-hydrogen) atoms. The molecule has 0 aromatic heterocycles. The molecule has 1 fully saturated rings. The lowest BCUT2D eigenvalue weighted by Gasteiger charge is -2.08. The van der Waals surface area contributed by atoms with Crippen LogP contribution in [-0.2, 0) is 9.59 Å². The first-order chi connectivity index (χ1) is 12.0. The second-order valence-corrected chi connectivity index (χ2v) is 7.55. The van der Waals surface area contributed by atoms with Gasteiger partial charge in [0.15, 0.2) is 0 Å². The summed E-state index contributed by atoms with van der Waals surface area (Å²) in [6.07, 6.45) is 1.95. The van der Waals surface area contributed by atoms with Crippen molar-refractivity contribution in [3.8, 4) is 0 Å². The Hall–Kier alpha value is -1.98. The number of aryl methyl sites for hydroxylation is 1. The number of amides is 2. The van der Waals surface area contributed by atoms with Gasteiger partial charge in [-0.1, -0.05) is 23.7 Å². The first kappa shape index (κ1) is 17.8. The van der Waals surface area contributed by atoms with Crippen LogP contribution in [0.2, 0.25) is 5.02 Å². The number of nitrogens with one attached hydrogen (secondary N) is 2. The van der Waals surface area contributed by atoms with E-state index in [1.165, 1.54) is 11.8 Å². The lowest BCUT2D eigenvalue weighted by atomic mass is 10.2. The van der Waals surface area contributed by atoms with E-state index < -0.39 is 0 Å². The Morgan fingerprint density at radius 1 is 1.12 bits per heavy atom. The van der Waals surface area contributed by atoms with Crippen LogP contribution in [0.15, 0.2) is 47.4 Å². The summed E-state index contributed by atoms with van der Waals surface area (Å²) in [5.41, 5.74) is 2.43. The maximum absolute atomic E-state index is 12.1. The van der Waals surface area contributed by atoms with Crippen molar-refractivity contribution in [1.82, 2.24) is 0 Å². The molecule has 0 atom stereocenters. The molecule has 3 rings (SSSR count). The van der Waals surface area contributed by atoms with E-state index in [9.17, 15) is 9.59 Å². The number of benzene rings is 2. The molecule has 2 aromatic carbocycles. The van der Waals surface area contributed by atoms with Gasteiger partial charge in [0.2, 0.25) is 11.8 Å². The zero-order valence-electron chi connectivity index (χ0n) is 13.8. The molecule has 2 amide bonds. The maximum Gasteiger partial charge on any atom is 0.234 e. The Labute approximate surface area is 156 Å². The fourth-order valence-corrected chi connectivity index (χ4v) is 3.21. The zero-order chi connectivity index (χ0) is 17.8. The summed E-state index contributed by atoms with van der Waals surface area (Å²) in [4.78, 5) is 24.8. The number of carbonyl (C=O) groups is 2. The van der Waals surface area contributed by atoms with E-state index in [0.29, 0.717) is 10.7 Å². The molecule has 1 saturated carbocycles. The van der Waals surface area contributed by atoms with Crippen molar-refractivity contribution in [2.75, 3.05) is 16.4 Å². The molecule has 2 N–H and O–H groups in total. The van der Waals surface area contributed by atoms with E-state index in [-0.39, 0.29) is 23.5 Å². The number of halogens is 1. The number of hydrogen-bond acceptors (Lipinski definition) is 3. The van der Waals surface area contributed by atoms with Crippen LogP contribution in [0.1, 0.15) is 18.4 Å². The first-order valence-corrected chi connectivity index (χ1v) is 9.47. The Bertz CT molecular complexity index is 806. The van der Waals surface area contributed by atoms with Crippen LogP contribution in [0.25, 0.3) is 0 Å². The van der Waals surface area contributed by atoms with Gasteiger partial charge in [-0.25, -0.2) is 0 Å². The smallest absolute Gasteiger partial charge is 0.234 e. The van der Waals surface area contributed by atoms with E-state index in [0.717, 1.165) is 29.0 Å². The summed E-state index contributed by atoms with van der Waals surface area (Å²) >= 11 is 7.49. The molecule has 0 unspecified atom stereocenters. The summed E-state index contributed by atoms with van der Waals surface area (Å²) in [5, 5.41) is 6.38. The van der Waals surface area contributed by atoms with Crippen molar-refractivity contribution in [2.24, 2.45) is 5.92 Å². The monoisotopic (exact) mass is 374 g/mol.